The van der Waals surface area contributed by atoms with Gasteiger partial charge in [-0.2, -0.15) is 0 Å². The van der Waals surface area contributed by atoms with Crippen LogP contribution in [-0.4, -0.2) is 30.7 Å². The van der Waals surface area contributed by atoms with Gasteiger partial charge < -0.3 is 4.74 Å². The number of nitrogens with zero attached hydrogens (tertiary/aromatic N) is 1. The molecule has 2 aliphatic heterocycles. The van der Waals surface area contributed by atoms with Gasteiger partial charge in [0.05, 0.1) is 0 Å². The molecule has 0 amide bonds. The lowest BCUT2D eigenvalue weighted by atomic mass is 9.64. The van der Waals surface area contributed by atoms with E-state index in [-0.39, 0.29) is 0 Å². The summed E-state index contributed by atoms with van der Waals surface area (Å²) in [4.78, 5) is 5.75. The van der Waals surface area contributed by atoms with Gasteiger partial charge in [0.25, 0.3) is 0 Å². The van der Waals surface area contributed by atoms with E-state index in [0.29, 0.717) is 5.41 Å². The predicted molar refractivity (Wildman–Crippen MR) is 78.5 cm³/mol. The minimum absolute atomic E-state index is 0.617. The Morgan fingerprint density at radius 2 is 2.11 bits per heavy atom. The Bertz CT molecular complexity index is 459. The highest BCUT2D eigenvalue weighted by molar-refractivity contribution is 7.11. The lowest BCUT2D eigenvalue weighted by molar-refractivity contribution is -0.143. The average Bonchev–Trinajstić information content (AvgIpc) is 3.12. The van der Waals surface area contributed by atoms with Crippen molar-refractivity contribution in [3.05, 3.63) is 21.9 Å². The van der Waals surface area contributed by atoms with Crippen LogP contribution >= 0.6 is 11.3 Å². The van der Waals surface area contributed by atoms with E-state index in [1.165, 1.54) is 43.6 Å². The summed E-state index contributed by atoms with van der Waals surface area (Å²) in [5.74, 6) is 0.993. The fourth-order valence-corrected chi connectivity index (χ4v) is 5.15. The van der Waals surface area contributed by atoms with Gasteiger partial charge in [-0.3, -0.25) is 4.90 Å². The van der Waals surface area contributed by atoms with Gasteiger partial charge in [-0.1, -0.05) is 0 Å². The van der Waals surface area contributed by atoms with Crippen molar-refractivity contribution in [2.75, 3.05) is 19.8 Å². The van der Waals surface area contributed by atoms with Crippen molar-refractivity contribution in [3.8, 4) is 0 Å². The predicted octanol–water partition coefficient (Wildman–Crippen LogP) is 3.45. The maximum Gasteiger partial charge on any atom is 0.0472 e. The normalized spacial score (nSPS) is 30.5. The summed E-state index contributed by atoms with van der Waals surface area (Å²) in [6.45, 7) is 6.70. The van der Waals surface area contributed by atoms with Crippen LogP contribution in [0.15, 0.2) is 12.1 Å². The van der Waals surface area contributed by atoms with Gasteiger partial charge in [-0.25, -0.2) is 0 Å². The lowest BCUT2D eigenvalue weighted by Crippen LogP contribution is -2.66. The Balaban J connectivity index is 1.48. The smallest absolute Gasteiger partial charge is 0.0472 e. The molecule has 104 valence electrons. The van der Waals surface area contributed by atoms with E-state index in [2.05, 4.69) is 24.0 Å². The molecule has 1 spiro atoms. The summed E-state index contributed by atoms with van der Waals surface area (Å²) in [6, 6.07) is 5.44. The molecule has 4 rings (SSSR count). The zero-order chi connectivity index (χ0) is 12.9. The molecule has 2 saturated heterocycles. The highest BCUT2D eigenvalue weighted by Gasteiger charge is 2.57. The number of hydrogen-bond acceptors (Lipinski definition) is 3. The number of thiophene rings is 1. The van der Waals surface area contributed by atoms with Crippen molar-refractivity contribution < 1.29 is 4.74 Å². The summed E-state index contributed by atoms with van der Waals surface area (Å²) in [5.41, 5.74) is 0.617. The first-order valence-electron chi connectivity index (χ1n) is 7.64. The van der Waals surface area contributed by atoms with Gasteiger partial charge in [0.1, 0.15) is 0 Å². The highest BCUT2D eigenvalue weighted by atomic mass is 32.1. The zero-order valence-corrected chi connectivity index (χ0v) is 12.5. The molecule has 0 radical (unpaired) electrons. The van der Waals surface area contributed by atoms with Crippen LogP contribution < -0.4 is 0 Å². The van der Waals surface area contributed by atoms with E-state index < -0.39 is 0 Å². The van der Waals surface area contributed by atoms with E-state index in [1.807, 2.05) is 11.3 Å². The molecule has 3 aliphatic rings. The van der Waals surface area contributed by atoms with E-state index in [1.54, 1.807) is 4.88 Å². The molecule has 1 unspecified atom stereocenters. The molecule has 2 nitrogen and oxygen atoms in total. The summed E-state index contributed by atoms with van der Waals surface area (Å²) < 4.78 is 5.59. The first kappa shape index (κ1) is 12.4. The van der Waals surface area contributed by atoms with Crippen molar-refractivity contribution in [1.29, 1.82) is 0 Å². The van der Waals surface area contributed by atoms with Gasteiger partial charge in [-0.05, 0) is 50.7 Å². The lowest BCUT2D eigenvalue weighted by Gasteiger charge is -2.60. The first-order valence-corrected chi connectivity index (χ1v) is 8.46. The van der Waals surface area contributed by atoms with Crippen LogP contribution in [0.2, 0.25) is 0 Å². The van der Waals surface area contributed by atoms with E-state index >= 15 is 0 Å². The van der Waals surface area contributed by atoms with Crippen molar-refractivity contribution in [2.45, 2.75) is 45.2 Å². The highest BCUT2D eigenvalue weighted by Crippen LogP contribution is 2.55. The van der Waals surface area contributed by atoms with Crippen LogP contribution in [0, 0.1) is 18.3 Å². The molecule has 1 aromatic rings. The quantitative estimate of drug-likeness (QED) is 0.839. The molecule has 1 atom stereocenters. The summed E-state index contributed by atoms with van der Waals surface area (Å²) in [7, 11) is 0. The number of aryl methyl sites for hydroxylation is 1. The zero-order valence-electron chi connectivity index (χ0n) is 11.7. The molecular weight excluding hydrogens is 254 g/mol. The maximum absolute atomic E-state index is 5.59. The van der Waals surface area contributed by atoms with Gasteiger partial charge >= 0.3 is 0 Å². The minimum atomic E-state index is 0.617. The Morgan fingerprint density at radius 3 is 2.74 bits per heavy atom. The second-order valence-electron chi connectivity index (χ2n) is 6.67. The molecule has 3 fully saturated rings. The molecule has 1 aromatic heterocycles. The molecule has 0 N–H and O–H groups in total. The standard InChI is InChI=1S/C16H23NOS/c1-12-2-5-14(19-12)10-17-11-16(6-8-18-9-7-16)15(17)13-3-4-13/h2,5,13,15H,3-4,6-11H2,1H3. The van der Waals surface area contributed by atoms with Crippen LogP contribution in [-0.2, 0) is 11.3 Å². The molecule has 3 heteroatoms. The fourth-order valence-electron chi connectivity index (χ4n) is 4.24. The summed E-state index contributed by atoms with van der Waals surface area (Å²) >= 11 is 1.97. The van der Waals surface area contributed by atoms with Gasteiger partial charge in [0.2, 0.25) is 0 Å². The Labute approximate surface area is 119 Å². The maximum atomic E-state index is 5.59. The Hall–Kier alpha value is -0.380. The van der Waals surface area contributed by atoms with Crippen LogP contribution in [0.5, 0.6) is 0 Å². The minimum Gasteiger partial charge on any atom is -0.381 e. The van der Waals surface area contributed by atoms with Gasteiger partial charge in [0.15, 0.2) is 0 Å². The van der Waals surface area contributed by atoms with Crippen molar-refractivity contribution in [1.82, 2.24) is 4.90 Å². The van der Waals surface area contributed by atoms with E-state index in [0.717, 1.165) is 25.2 Å². The second kappa shape index (κ2) is 4.57. The molecule has 1 aliphatic carbocycles. The molecule has 0 aromatic carbocycles. The topological polar surface area (TPSA) is 12.5 Å². The Kier molecular flexibility index (Phi) is 2.98. The molecular formula is C16H23NOS. The van der Waals surface area contributed by atoms with Gasteiger partial charge in [-0.15, -0.1) is 11.3 Å². The van der Waals surface area contributed by atoms with Crippen LogP contribution in [0.4, 0.5) is 0 Å². The second-order valence-corrected chi connectivity index (χ2v) is 8.05. The third-order valence-corrected chi connectivity index (χ3v) is 6.24. The molecule has 0 bridgehead atoms. The number of ether oxygens (including phenoxy) is 1. The monoisotopic (exact) mass is 277 g/mol. The van der Waals surface area contributed by atoms with Crippen LogP contribution in [0.1, 0.15) is 35.4 Å². The molecule has 1 saturated carbocycles. The number of likely N-dealkylation sites (tertiary alicyclic amines) is 1. The summed E-state index contributed by atoms with van der Waals surface area (Å²) in [5, 5.41) is 0. The third-order valence-electron chi connectivity index (χ3n) is 5.25. The summed E-state index contributed by atoms with van der Waals surface area (Å²) in [6.07, 6.45) is 5.53. The third kappa shape index (κ3) is 2.16. The molecule has 3 heterocycles. The molecule has 19 heavy (non-hydrogen) atoms. The largest absolute Gasteiger partial charge is 0.381 e. The van der Waals surface area contributed by atoms with Crippen molar-refractivity contribution >= 4 is 11.3 Å². The fraction of sp³-hybridized carbons (Fsp3) is 0.750. The van der Waals surface area contributed by atoms with Crippen LogP contribution in [0.25, 0.3) is 0 Å². The SMILES string of the molecule is Cc1ccc(CN2CC3(CCOCC3)C2C2CC2)s1. The van der Waals surface area contributed by atoms with Crippen molar-refractivity contribution in [2.24, 2.45) is 11.3 Å². The van der Waals surface area contributed by atoms with Gasteiger partial charge in [0, 0.05) is 47.5 Å². The van der Waals surface area contributed by atoms with E-state index in [4.69, 9.17) is 4.74 Å². The van der Waals surface area contributed by atoms with E-state index in [9.17, 15) is 0 Å². The number of rotatable bonds is 3. The first-order chi connectivity index (χ1) is 9.27. The Morgan fingerprint density at radius 1 is 1.32 bits per heavy atom. The number of hydrogen-bond donors (Lipinski definition) is 0. The van der Waals surface area contributed by atoms with Crippen molar-refractivity contribution in [3.63, 3.8) is 0 Å². The average molecular weight is 277 g/mol. The van der Waals surface area contributed by atoms with Crippen LogP contribution in [0.3, 0.4) is 0 Å².